The van der Waals surface area contributed by atoms with E-state index in [1.54, 1.807) is 0 Å². The zero-order valence-electron chi connectivity index (χ0n) is 11.9. The Morgan fingerprint density at radius 2 is 2.16 bits per heavy atom. The molecule has 0 radical (unpaired) electrons. The fourth-order valence-corrected chi connectivity index (χ4v) is 3.60. The first-order valence-electron chi connectivity index (χ1n) is 7.55. The van der Waals surface area contributed by atoms with Gasteiger partial charge in [-0.05, 0) is 69.5 Å². The summed E-state index contributed by atoms with van der Waals surface area (Å²) in [7, 11) is 0. The predicted octanol–water partition coefficient (Wildman–Crippen LogP) is 3.11. The van der Waals surface area contributed by atoms with Crippen LogP contribution in [-0.2, 0) is 0 Å². The van der Waals surface area contributed by atoms with Crippen LogP contribution in [0, 0.1) is 5.92 Å². The maximum Gasteiger partial charge on any atom is 0.138 e. The lowest BCUT2D eigenvalue weighted by Crippen LogP contribution is -2.43. The molecule has 2 aliphatic rings. The fourth-order valence-electron chi connectivity index (χ4n) is 3.60. The molecule has 0 spiro atoms. The number of hydrogen-bond donors (Lipinski definition) is 1. The molecule has 3 rings (SSSR count). The summed E-state index contributed by atoms with van der Waals surface area (Å²) >= 11 is 0. The highest BCUT2D eigenvalue weighted by Gasteiger charge is 2.32. The molecule has 1 aromatic heterocycles. The van der Waals surface area contributed by atoms with Crippen LogP contribution in [-0.4, -0.2) is 23.7 Å². The highest BCUT2D eigenvalue weighted by atomic mass is 16.5. The van der Waals surface area contributed by atoms with Gasteiger partial charge in [-0.3, -0.25) is 4.98 Å². The van der Waals surface area contributed by atoms with Gasteiger partial charge in [-0.25, -0.2) is 0 Å². The molecule has 2 bridgehead atoms. The highest BCUT2D eigenvalue weighted by molar-refractivity contribution is 5.27. The standard InChI is InChI=1S/C16H24N2O/c1-11(2)19-16-8-14(9-17-10-16)13-5-12-3-4-18-15(6-12)7-13/h8-13,15,18H,3-7H2,1-2H3. The summed E-state index contributed by atoms with van der Waals surface area (Å²) in [6.45, 7) is 5.32. The lowest BCUT2D eigenvalue weighted by molar-refractivity contribution is 0.202. The van der Waals surface area contributed by atoms with Crippen LogP contribution in [0.4, 0.5) is 0 Å². The Hall–Kier alpha value is -1.09. The largest absolute Gasteiger partial charge is 0.489 e. The van der Waals surface area contributed by atoms with Crippen LogP contribution in [0.25, 0.3) is 0 Å². The molecule has 1 N–H and O–H groups in total. The second kappa shape index (κ2) is 5.49. The van der Waals surface area contributed by atoms with Crippen molar-refractivity contribution in [1.29, 1.82) is 0 Å². The maximum absolute atomic E-state index is 5.76. The first-order valence-corrected chi connectivity index (χ1v) is 7.55. The second-order valence-electron chi connectivity index (χ2n) is 6.33. The van der Waals surface area contributed by atoms with E-state index in [0.29, 0.717) is 12.0 Å². The average Bonchev–Trinajstić information content (AvgIpc) is 2.38. The van der Waals surface area contributed by atoms with Crippen molar-refractivity contribution in [3.8, 4) is 5.75 Å². The Balaban J connectivity index is 1.74. The smallest absolute Gasteiger partial charge is 0.138 e. The Morgan fingerprint density at radius 3 is 2.95 bits per heavy atom. The number of fused-ring (bicyclic) bond motifs is 2. The molecule has 2 fully saturated rings. The van der Waals surface area contributed by atoms with E-state index >= 15 is 0 Å². The number of rotatable bonds is 3. The minimum absolute atomic E-state index is 0.212. The molecule has 1 aromatic rings. The molecule has 0 aromatic carbocycles. The number of pyridine rings is 1. The molecule has 0 amide bonds. The Labute approximate surface area is 115 Å². The molecular formula is C16H24N2O. The van der Waals surface area contributed by atoms with Crippen molar-refractivity contribution < 1.29 is 4.74 Å². The van der Waals surface area contributed by atoms with Gasteiger partial charge in [-0.2, -0.15) is 0 Å². The number of piperidine rings is 1. The van der Waals surface area contributed by atoms with Crippen LogP contribution in [0.2, 0.25) is 0 Å². The molecule has 3 atom stereocenters. The van der Waals surface area contributed by atoms with Gasteiger partial charge in [0.2, 0.25) is 0 Å². The van der Waals surface area contributed by atoms with Gasteiger partial charge in [0.25, 0.3) is 0 Å². The average molecular weight is 260 g/mol. The van der Waals surface area contributed by atoms with Crippen molar-refractivity contribution >= 4 is 0 Å². The van der Waals surface area contributed by atoms with Crippen molar-refractivity contribution in [3.05, 3.63) is 24.0 Å². The van der Waals surface area contributed by atoms with E-state index in [1.807, 2.05) is 12.4 Å². The zero-order chi connectivity index (χ0) is 13.2. The van der Waals surface area contributed by atoms with E-state index in [1.165, 1.54) is 37.8 Å². The van der Waals surface area contributed by atoms with Crippen molar-refractivity contribution in [2.75, 3.05) is 6.54 Å². The van der Waals surface area contributed by atoms with Gasteiger partial charge >= 0.3 is 0 Å². The third kappa shape index (κ3) is 3.08. The zero-order valence-corrected chi connectivity index (χ0v) is 11.9. The maximum atomic E-state index is 5.76. The summed E-state index contributed by atoms with van der Waals surface area (Å²) in [5.74, 6) is 2.47. The summed E-state index contributed by atoms with van der Waals surface area (Å²) in [5, 5.41) is 3.65. The monoisotopic (exact) mass is 260 g/mol. The molecule has 3 unspecified atom stereocenters. The van der Waals surface area contributed by atoms with E-state index < -0.39 is 0 Å². The molecule has 19 heavy (non-hydrogen) atoms. The van der Waals surface area contributed by atoms with Gasteiger partial charge in [-0.1, -0.05) is 0 Å². The fraction of sp³-hybridized carbons (Fsp3) is 0.688. The van der Waals surface area contributed by atoms with E-state index in [0.717, 1.165) is 11.7 Å². The highest BCUT2D eigenvalue weighted by Crippen LogP contribution is 2.40. The molecule has 104 valence electrons. The summed E-state index contributed by atoms with van der Waals surface area (Å²) < 4.78 is 5.76. The van der Waals surface area contributed by atoms with E-state index in [-0.39, 0.29) is 6.10 Å². The number of hydrogen-bond acceptors (Lipinski definition) is 3. The summed E-state index contributed by atoms with van der Waals surface area (Å²) in [6, 6.07) is 2.91. The van der Waals surface area contributed by atoms with Crippen molar-refractivity contribution in [3.63, 3.8) is 0 Å². The molecule has 1 aliphatic heterocycles. The van der Waals surface area contributed by atoms with Gasteiger partial charge in [0.1, 0.15) is 5.75 Å². The summed E-state index contributed by atoms with van der Waals surface area (Å²) in [6.07, 6.45) is 9.34. The Bertz CT molecular complexity index is 421. The Kier molecular flexibility index (Phi) is 3.74. The van der Waals surface area contributed by atoms with Gasteiger partial charge in [-0.15, -0.1) is 0 Å². The molecule has 2 heterocycles. The van der Waals surface area contributed by atoms with E-state index in [2.05, 4.69) is 30.2 Å². The number of nitrogens with one attached hydrogen (secondary N) is 1. The minimum Gasteiger partial charge on any atom is -0.489 e. The third-order valence-electron chi connectivity index (χ3n) is 4.37. The van der Waals surface area contributed by atoms with E-state index in [9.17, 15) is 0 Å². The second-order valence-corrected chi connectivity index (χ2v) is 6.33. The quantitative estimate of drug-likeness (QED) is 0.906. The van der Waals surface area contributed by atoms with Crippen LogP contribution >= 0.6 is 0 Å². The molecule has 3 nitrogen and oxygen atoms in total. The van der Waals surface area contributed by atoms with E-state index in [4.69, 9.17) is 4.74 Å². The first-order chi connectivity index (χ1) is 9.20. The normalized spacial score (nSPS) is 30.4. The van der Waals surface area contributed by atoms with Gasteiger partial charge in [0.15, 0.2) is 0 Å². The van der Waals surface area contributed by atoms with Crippen LogP contribution in [0.15, 0.2) is 18.5 Å². The third-order valence-corrected chi connectivity index (χ3v) is 4.37. The molecule has 1 aliphatic carbocycles. The SMILES string of the molecule is CC(C)Oc1cncc(C2CC3CCNC(C3)C2)c1. The van der Waals surface area contributed by atoms with Gasteiger partial charge in [0, 0.05) is 12.2 Å². The van der Waals surface area contributed by atoms with Crippen LogP contribution in [0.5, 0.6) is 5.75 Å². The lowest BCUT2D eigenvalue weighted by Gasteiger charge is -2.39. The molecule has 1 saturated heterocycles. The van der Waals surface area contributed by atoms with Crippen molar-refractivity contribution in [1.82, 2.24) is 10.3 Å². The van der Waals surface area contributed by atoms with Crippen LogP contribution < -0.4 is 10.1 Å². The van der Waals surface area contributed by atoms with Crippen LogP contribution in [0.3, 0.4) is 0 Å². The predicted molar refractivity (Wildman–Crippen MR) is 76.5 cm³/mol. The van der Waals surface area contributed by atoms with Crippen molar-refractivity contribution in [2.24, 2.45) is 5.92 Å². The minimum atomic E-state index is 0.212. The number of ether oxygens (including phenoxy) is 1. The Morgan fingerprint density at radius 1 is 1.26 bits per heavy atom. The van der Waals surface area contributed by atoms with Gasteiger partial charge < -0.3 is 10.1 Å². The number of aromatic nitrogens is 1. The molecule has 3 heteroatoms. The summed E-state index contributed by atoms with van der Waals surface area (Å²) in [5.41, 5.74) is 1.36. The lowest BCUT2D eigenvalue weighted by atomic mass is 9.73. The van der Waals surface area contributed by atoms with Crippen LogP contribution in [0.1, 0.15) is 51.0 Å². The van der Waals surface area contributed by atoms with Crippen molar-refractivity contribution in [2.45, 2.75) is 57.6 Å². The number of nitrogens with zero attached hydrogens (tertiary/aromatic N) is 1. The molecule has 1 saturated carbocycles. The topological polar surface area (TPSA) is 34.1 Å². The first kappa shape index (κ1) is 12.9. The summed E-state index contributed by atoms with van der Waals surface area (Å²) in [4.78, 5) is 4.36. The molecular weight excluding hydrogens is 236 g/mol. The van der Waals surface area contributed by atoms with Gasteiger partial charge in [0.05, 0.1) is 12.3 Å².